The Kier molecular flexibility index (Phi) is 23.2. The van der Waals surface area contributed by atoms with Crippen molar-refractivity contribution >= 4 is 10.8 Å². The molecule has 484 valence electrons. The Labute approximate surface area is 577 Å². The topological polar surface area (TPSA) is 0 Å². The van der Waals surface area contributed by atoms with Gasteiger partial charge in [-0.15, -0.1) is 0 Å². The Hall–Kier alpha value is -9.88. The summed E-state index contributed by atoms with van der Waals surface area (Å²) in [4.78, 5) is 0. The van der Waals surface area contributed by atoms with Gasteiger partial charge in [-0.2, -0.15) is 0 Å². The molecule has 0 saturated carbocycles. The Morgan fingerprint density at radius 2 is 0.396 bits per heavy atom. The molecule has 0 atom stereocenters. The Balaban J connectivity index is 0.000000142. The van der Waals surface area contributed by atoms with Crippen LogP contribution in [0, 0.1) is 0 Å². The van der Waals surface area contributed by atoms with Crippen molar-refractivity contribution < 1.29 is 0 Å². The molecule has 13 aromatic carbocycles. The van der Waals surface area contributed by atoms with Crippen LogP contribution in [0.4, 0.5) is 0 Å². The first-order chi connectivity index (χ1) is 45.8. The van der Waals surface area contributed by atoms with Crippen LogP contribution in [0.3, 0.4) is 0 Å². The van der Waals surface area contributed by atoms with Crippen LogP contribution in [0.25, 0.3) is 88.7 Å². The van der Waals surface area contributed by atoms with Crippen molar-refractivity contribution in [3.63, 3.8) is 0 Å². The first kappa shape index (κ1) is 70.4. The molecular formula is C96H100. The lowest BCUT2D eigenvalue weighted by molar-refractivity contribution is 0.590. The second-order valence-electron chi connectivity index (χ2n) is 30.3. The van der Waals surface area contributed by atoms with Gasteiger partial charge in [-0.3, -0.25) is 0 Å². The van der Waals surface area contributed by atoms with Gasteiger partial charge in [0.25, 0.3) is 0 Å². The minimum atomic E-state index is 0.148. The van der Waals surface area contributed by atoms with Crippen molar-refractivity contribution in [2.75, 3.05) is 0 Å². The molecule has 0 radical (unpaired) electrons. The van der Waals surface area contributed by atoms with Crippen molar-refractivity contribution in [2.24, 2.45) is 0 Å². The summed E-state index contributed by atoms with van der Waals surface area (Å²) in [7, 11) is 0. The second-order valence-corrected chi connectivity index (χ2v) is 30.3. The van der Waals surface area contributed by atoms with Crippen LogP contribution in [0.15, 0.2) is 334 Å². The SMILES string of the molecule is CC(C)(C)c1ccc(-c2ccc(-c3ccccc3)cc2)cc1.CC(C)(C)c1ccc2ccccc2c1.CC(C)(C)c1cccc(-c2ccc(-c3ccccc3)cc2)c1.CC(C)(C)c1cccc(-c2ccccc2)c1.CC(C)(C)c1ccccc1-c1ccc(-c2ccccc2)cc1. The zero-order chi connectivity index (χ0) is 68.5. The van der Waals surface area contributed by atoms with Crippen LogP contribution in [0.2, 0.25) is 0 Å². The van der Waals surface area contributed by atoms with Gasteiger partial charge in [0.15, 0.2) is 0 Å². The van der Waals surface area contributed by atoms with Crippen molar-refractivity contribution in [1.82, 2.24) is 0 Å². The summed E-state index contributed by atoms with van der Waals surface area (Å²) in [6.07, 6.45) is 0. The van der Waals surface area contributed by atoms with Crippen molar-refractivity contribution in [3.05, 3.63) is 361 Å². The second kappa shape index (κ2) is 31.6. The van der Waals surface area contributed by atoms with E-state index in [1.807, 2.05) is 0 Å². The molecule has 0 N–H and O–H groups in total. The summed E-state index contributed by atoms with van der Waals surface area (Å²) in [5.74, 6) is 0. The Morgan fingerprint density at radius 1 is 0.146 bits per heavy atom. The maximum atomic E-state index is 2.30. The molecule has 13 rings (SSSR count). The van der Waals surface area contributed by atoms with Gasteiger partial charge in [0, 0.05) is 0 Å². The predicted molar refractivity (Wildman–Crippen MR) is 421 cm³/mol. The van der Waals surface area contributed by atoms with E-state index in [1.54, 1.807) is 0 Å². The van der Waals surface area contributed by atoms with Gasteiger partial charge in [-0.05, 0) is 144 Å². The first-order valence-corrected chi connectivity index (χ1v) is 34.2. The molecule has 0 bridgehead atoms. The molecule has 13 aromatic rings. The highest BCUT2D eigenvalue weighted by Crippen LogP contribution is 2.36. The third kappa shape index (κ3) is 19.8. The molecule has 0 unspecified atom stereocenters. The lowest BCUT2D eigenvalue weighted by atomic mass is 9.82. The number of hydrogen-bond donors (Lipinski definition) is 0. The van der Waals surface area contributed by atoms with E-state index in [2.05, 4.69) is 438 Å². The standard InChI is InChI=1S/3C22H22.C16H18.C14H16/c1-22(2,3)21-12-8-7-11-20(21)19-15-13-18(14-16-19)17-9-5-4-6-10-17;1-22(2,3)21-11-7-10-20(16-21)19-14-12-18(13-15-19)17-8-5-4-6-9-17;1-22(2,3)21-15-13-20(14-16-21)19-11-9-18(10-12-19)17-7-5-4-6-8-17;1-16(2,3)15-11-7-10-14(12-15)13-8-5-4-6-9-13;1-14(2,3)13-9-8-11-6-4-5-7-12(11)10-13/h3*4-16H,1-3H3;4-12H,1-3H3;4-10H,1-3H3. The van der Waals surface area contributed by atoms with Crippen molar-refractivity contribution in [3.8, 4) is 77.9 Å². The number of fused-ring (bicyclic) bond motifs is 1. The van der Waals surface area contributed by atoms with Gasteiger partial charge >= 0.3 is 0 Å². The lowest BCUT2D eigenvalue weighted by Gasteiger charge is -2.23. The maximum Gasteiger partial charge on any atom is -0.0126 e. The minimum absolute atomic E-state index is 0.148. The molecule has 0 aromatic heterocycles. The lowest BCUT2D eigenvalue weighted by Crippen LogP contribution is -2.12. The largest absolute Gasteiger partial charge is 0.0622 e. The zero-order valence-electron chi connectivity index (χ0n) is 59.8. The highest BCUT2D eigenvalue weighted by atomic mass is 14.2. The van der Waals surface area contributed by atoms with E-state index in [0.717, 1.165) is 0 Å². The first-order valence-electron chi connectivity index (χ1n) is 34.2. The van der Waals surface area contributed by atoms with E-state index in [4.69, 9.17) is 0 Å². The molecule has 0 spiro atoms. The highest BCUT2D eigenvalue weighted by molar-refractivity contribution is 5.83. The molecule has 0 aliphatic carbocycles. The van der Waals surface area contributed by atoms with E-state index in [0.29, 0.717) is 0 Å². The molecular weight excluding hydrogens is 1150 g/mol. The van der Waals surface area contributed by atoms with Gasteiger partial charge in [-0.1, -0.05) is 438 Å². The molecule has 96 heavy (non-hydrogen) atoms. The quantitative estimate of drug-likeness (QED) is 0.149. The molecule has 0 heterocycles. The smallest absolute Gasteiger partial charge is 0.0126 e. The molecule has 0 fully saturated rings. The Morgan fingerprint density at radius 3 is 0.750 bits per heavy atom. The summed E-state index contributed by atoms with van der Waals surface area (Å²) >= 11 is 0. The van der Waals surface area contributed by atoms with Crippen LogP contribution in [0.5, 0.6) is 0 Å². The number of rotatable bonds is 7. The van der Waals surface area contributed by atoms with E-state index in [9.17, 15) is 0 Å². The van der Waals surface area contributed by atoms with Crippen LogP contribution < -0.4 is 0 Å². The number of benzene rings is 13. The maximum absolute atomic E-state index is 2.30. The van der Waals surface area contributed by atoms with Crippen LogP contribution in [0.1, 0.15) is 132 Å². The van der Waals surface area contributed by atoms with Gasteiger partial charge in [0.05, 0.1) is 0 Å². The monoisotopic (exact) mass is 1250 g/mol. The zero-order valence-corrected chi connectivity index (χ0v) is 59.8. The molecule has 0 aliphatic rings. The van der Waals surface area contributed by atoms with Gasteiger partial charge in [-0.25, -0.2) is 0 Å². The summed E-state index contributed by atoms with van der Waals surface area (Å²) in [5.41, 5.74) is 25.8. The van der Waals surface area contributed by atoms with Gasteiger partial charge < -0.3 is 0 Å². The molecule has 0 heteroatoms. The Bertz CT molecular complexity index is 4480. The number of hydrogen-bond acceptors (Lipinski definition) is 0. The summed E-state index contributed by atoms with van der Waals surface area (Å²) in [6.45, 7) is 33.8. The fraction of sp³-hybridized carbons (Fsp3) is 0.208. The van der Waals surface area contributed by atoms with E-state index in [-0.39, 0.29) is 27.1 Å². The molecule has 0 amide bonds. The fourth-order valence-corrected chi connectivity index (χ4v) is 11.6. The van der Waals surface area contributed by atoms with Crippen LogP contribution in [-0.2, 0) is 27.1 Å². The molecule has 0 aliphatic heterocycles. The summed E-state index contributed by atoms with van der Waals surface area (Å²) in [5, 5.41) is 2.65. The van der Waals surface area contributed by atoms with Crippen molar-refractivity contribution in [2.45, 2.75) is 131 Å². The van der Waals surface area contributed by atoms with Gasteiger partial charge in [0.2, 0.25) is 0 Å². The van der Waals surface area contributed by atoms with E-state index < -0.39 is 0 Å². The summed E-state index contributed by atoms with van der Waals surface area (Å²) in [6, 6.07) is 119. The fourth-order valence-electron chi connectivity index (χ4n) is 11.6. The average Bonchev–Trinajstić information content (AvgIpc) is 0.860. The van der Waals surface area contributed by atoms with Gasteiger partial charge in [0.1, 0.15) is 0 Å². The van der Waals surface area contributed by atoms with Crippen LogP contribution in [-0.4, -0.2) is 0 Å². The third-order valence-electron chi connectivity index (χ3n) is 17.6. The highest BCUT2D eigenvalue weighted by Gasteiger charge is 2.20. The molecule has 0 saturated heterocycles. The van der Waals surface area contributed by atoms with Crippen molar-refractivity contribution in [1.29, 1.82) is 0 Å². The van der Waals surface area contributed by atoms with Crippen LogP contribution >= 0.6 is 0 Å². The average molecular weight is 1250 g/mol. The molecule has 0 nitrogen and oxygen atoms in total. The van der Waals surface area contributed by atoms with E-state index >= 15 is 0 Å². The predicted octanol–water partition coefficient (Wildman–Crippen LogP) is 27.7. The van der Waals surface area contributed by atoms with E-state index in [1.165, 1.54) is 116 Å². The normalized spacial score (nSPS) is 11.5. The minimum Gasteiger partial charge on any atom is -0.0622 e. The third-order valence-corrected chi connectivity index (χ3v) is 17.6. The summed E-state index contributed by atoms with van der Waals surface area (Å²) < 4.78 is 0.